The summed E-state index contributed by atoms with van der Waals surface area (Å²) in [5.41, 5.74) is 0.852. The molecule has 6 nitrogen and oxygen atoms in total. The highest BCUT2D eigenvalue weighted by molar-refractivity contribution is 7.90. The monoisotopic (exact) mass is 367 g/mol. The summed E-state index contributed by atoms with van der Waals surface area (Å²) in [5.74, 6) is -0.107. The Kier molecular flexibility index (Phi) is 5.18. The van der Waals surface area contributed by atoms with Crippen molar-refractivity contribution in [2.45, 2.75) is 32.6 Å². The van der Waals surface area contributed by atoms with E-state index >= 15 is 0 Å². The Hall–Kier alpha value is -2.02. The number of methoxy groups -OCH3 is 2. The molecule has 1 aromatic carbocycles. The second-order valence-electron chi connectivity index (χ2n) is 7.06. The van der Waals surface area contributed by atoms with Crippen LogP contribution in [0.1, 0.15) is 27.7 Å². The van der Waals surface area contributed by atoms with Crippen molar-refractivity contribution in [2.24, 2.45) is 17.3 Å². The first-order valence-corrected chi connectivity index (χ1v) is 9.46. The first-order chi connectivity index (χ1) is 11.5. The van der Waals surface area contributed by atoms with Crippen molar-refractivity contribution in [1.29, 1.82) is 0 Å². The fourth-order valence-electron chi connectivity index (χ4n) is 3.09. The SMILES string of the molecule is COc1ccc(S(=O)(=O)NC(=O)[C@@H]2[C@@H](C=C(C)C)C2(C)C)cc1OC. The van der Waals surface area contributed by atoms with Gasteiger partial charge in [0.25, 0.3) is 10.0 Å². The number of benzene rings is 1. The molecule has 0 radical (unpaired) electrons. The van der Waals surface area contributed by atoms with Crippen molar-refractivity contribution < 1.29 is 22.7 Å². The van der Waals surface area contributed by atoms with Gasteiger partial charge < -0.3 is 9.47 Å². The minimum Gasteiger partial charge on any atom is -0.493 e. The van der Waals surface area contributed by atoms with Crippen molar-refractivity contribution in [3.05, 3.63) is 29.8 Å². The number of carbonyl (C=O) groups is 1. The number of sulfonamides is 1. The summed E-state index contributed by atoms with van der Waals surface area (Å²) in [7, 11) is -1.10. The first-order valence-electron chi connectivity index (χ1n) is 7.98. The number of allylic oxidation sites excluding steroid dienone is 2. The summed E-state index contributed by atoms with van der Waals surface area (Å²) >= 11 is 0. The van der Waals surface area contributed by atoms with Crippen LogP contribution in [0.5, 0.6) is 11.5 Å². The predicted molar refractivity (Wildman–Crippen MR) is 95.1 cm³/mol. The van der Waals surface area contributed by atoms with E-state index in [1.807, 2.05) is 33.8 Å². The average molecular weight is 367 g/mol. The van der Waals surface area contributed by atoms with Gasteiger partial charge in [-0.05, 0) is 37.3 Å². The van der Waals surface area contributed by atoms with Gasteiger partial charge in [0.1, 0.15) is 0 Å². The number of hydrogen-bond donors (Lipinski definition) is 1. The Balaban J connectivity index is 2.22. The first kappa shape index (κ1) is 19.3. The van der Waals surface area contributed by atoms with E-state index in [1.54, 1.807) is 0 Å². The van der Waals surface area contributed by atoms with Gasteiger partial charge in [0.05, 0.1) is 25.0 Å². The molecule has 0 bridgehead atoms. The molecule has 0 unspecified atom stereocenters. The lowest BCUT2D eigenvalue weighted by Crippen LogP contribution is -2.33. The highest BCUT2D eigenvalue weighted by Crippen LogP contribution is 2.59. The van der Waals surface area contributed by atoms with Gasteiger partial charge >= 0.3 is 0 Å². The third-order valence-electron chi connectivity index (χ3n) is 4.61. The number of hydrogen-bond acceptors (Lipinski definition) is 5. The maximum absolute atomic E-state index is 12.5. The van der Waals surface area contributed by atoms with Gasteiger partial charge in [0.15, 0.2) is 11.5 Å². The Morgan fingerprint density at radius 2 is 1.76 bits per heavy atom. The maximum atomic E-state index is 12.5. The smallest absolute Gasteiger partial charge is 0.264 e. The Labute approximate surface area is 149 Å². The van der Waals surface area contributed by atoms with E-state index < -0.39 is 15.9 Å². The van der Waals surface area contributed by atoms with Gasteiger partial charge in [-0.1, -0.05) is 25.5 Å². The fourth-order valence-corrected chi connectivity index (χ4v) is 4.11. The molecule has 138 valence electrons. The lowest BCUT2D eigenvalue weighted by Gasteiger charge is -2.11. The zero-order valence-corrected chi connectivity index (χ0v) is 16.2. The van der Waals surface area contributed by atoms with Crippen LogP contribution in [0.2, 0.25) is 0 Å². The molecule has 0 aromatic heterocycles. The lowest BCUT2D eigenvalue weighted by atomic mass is 10.1. The third-order valence-corrected chi connectivity index (χ3v) is 5.95. The van der Waals surface area contributed by atoms with Crippen molar-refractivity contribution in [2.75, 3.05) is 14.2 Å². The fraction of sp³-hybridized carbons (Fsp3) is 0.500. The van der Waals surface area contributed by atoms with Crippen molar-refractivity contribution in [3.8, 4) is 11.5 Å². The Morgan fingerprint density at radius 1 is 1.16 bits per heavy atom. The largest absolute Gasteiger partial charge is 0.493 e. The molecule has 1 N–H and O–H groups in total. The van der Waals surface area contributed by atoms with E-state index in [-0.39, 0.29) is 27.9 Å². The van der Waals surface area contributed by atoms with Gasteiger partial charge in [-0.2, -0.15) is 0 Å². The number of amides is 1. The summed E-state index contributed by atoms with van der Waals surface area (Å²) in [4.78, 5) is 12.5. The number of rotatable bonds is 6. The van der Waals surface area contributed by atoms with Crippen LogP contribution in [0, 0.1) is 17.3 Å². The molecule has 1 aromatic rings. The van der Waals surface area contributed by atoms with Crippen molar-refractivity contribution in [1.82, 2.24) is 4.72 Å². The molecule has 1 saturated carbocycles. The average Bonchev–Trinajstić information content (AvgIpc) is 3.05. The normalized spacial score (nSPS) is 21.2. The van der Waals surface area contributed by atoms with Crippen LogP contribution in [-0.2, 0) is 14.8 Å². The van der Waals surface area contributed by atoms with Crippen LogP contribution in [0.15, 0.2) is 34.7 Å². The molecule has 1 amide bonds. The Morgan fingerprint density at radius 3 is 2.28 bits per heavy atom. The number of nitrogens with one attached hydrogen (secondary N) is 1. The van der Waals surface area contributed by atoms with Gasteiger partial charge in [-0.25, -0.2) is 13.1 Å². The summed E-state index contributed by atoms with van der Waals surface area (Å²) in [6.45, 7) is 7.85. The summed E-state index contributed by atoms with van der Waals surface area (Å²) in [5, 5.41) is 0. The second kappa shape index (κ2) is 6.71. The molecular weight excluding hydrogens is 342 g/mol. The van der Waals surface area contributed by atoms with E-state index in [1.165, 1.54) is 32.4 Å². The number of carbonyl (C=O) groups excluding carboxylic acids is 1. The molecule has 25 heavy (non-hydrogen) atoms. The minimum absolute atomic E-state index is 0.0399. The number of ether oxygens (including phenoxy) is 2. The predicted octanol–water partition coefficient (Wildman–Crippen LogP) is 2.75. The van der Waals surface area contributed by atoms with Gasteiger partial charge in [0, 0.05) is 6.07 Å². The van der Waals surface area contributed by atoms with Gasteiger partial charge in [-0.15, -0.1) is 0 Å². The second-order valence-corrected chi connectivity index (χ2v) is 8.74. The summed E-state index contributed by atoms with van der Waals surface area (Å²) in [6.07, 6.45) is 2.02. The summed E-state index contributed by atoms with van der Waals surface area (Å²) < 4.78 is 37.5. The molecule has 2 atom stereocenters. The van der Waals surface area contributed by atoms with E-state index in [0.717, 1.165) is 5.57 Å². The van der Waals surface area contributed by atoms with E-state index in [0.29, 0.717) is 5.75 Å². The van der Waals surface area contributed by atoms with Gasteiger partial charge in [0.2, 0.25) is 5.91 Å². The molecule has 2 rings (SSSR count). The molecule has 7 heteroatoms. The van der Waals surface area contributed by atoms with Gasteiger partial charge in [-0.3, -0.25) is 4.79 Å². The molecule has 1 fully saturated rings. The molecule has 0 spiro atoms. The summed E-state index contributed by atoms with van der Waals surface area (Å²) in [6, 6.07) is 4.20. The quantitative estimate of drug-likeness (QED) is 0.782. The van der Waals surface area contributed by atoms with Crippen molar-refractivity contribution in [3.63, 3.8) is 0 Å². The standard InChI is InChI=1S/C18H25NO5S/c1-11(2)9-13-16(18(13,3)4)17(20)19-25(21,22)12-7-8-14(23-5)15(10-12)24-6/h7-10,13,16H,1-6H3,(H,19,20)/t13-,16+/m1/s1. The third kappa shape index (κ3) is 3.81. The highest BCUT2D eigenvalue weighted by atomic mass is 32.2. The topological polar surface area (TPSA) is 81.7 Å². The van der Waals surface area contributed by atoms with Crippen LogP contribution < -0.4 is 14.2 Å². The van der Waals surface area contributed by atoms with Crippen LogP contribution in [0.25, 0.3) is 0 Å². The Bertz CT molecular complexity index is 807. The lowest BCUT2D eigenvalue weighted by molar-refractivity contribution is -0.121. The maximum Gasteiger partial charge on any atom is 0.264 e. The molecular formula is C18H25NO5S. The molecule has 0 heterocycles. The van der Waals surface area contributed by atoms with Crippen molar-refractivity contribution >= 4 is 15.9 Å². The highest BCUT2D eigenvalue weighted by Gasteiger charge is 2.60. The van der Waals surface area contributed by atoms with E-state index in [2.05, 4.69) is 4.72 Å². The molecule has 1 aliphatic rings. The molecule has 0 aliphatic heterocycles. The van der Waals surface area contributed by atoms with Crippen LogP contribution in [-0.4, -0.2) is 28.5 Å². The zero-order valence-electron chi connectivity index (χ0n) is 15.4. The van der Waals surface area contributed by atoms with E-state index in [9.17, 15) is 13.2 Å². The molecule has 1 aliphatic carbocycles. The van der Waals surface area contributed by atoms with E-state index in [4.69, 9.17) is 9.47 Å². The van der Waals surface area contributed by atoms with Crippen LogP contribution in [0.3, 0.4) is 0 Å². The van der Waals surface area contributed by atoms with Crippen LogP contribution in [0.4, 0.5) is 0 Å². The molecule has 0 saturated heterocycles. The minimum atomic E-state index is -3.98. The zero-order chi connectivity index (χ0) is 19.0. The van der Waals surface area contributed by atoms with Crippen LogP contribution >= 0.6 is 0 Å².